The van der Waals surface area contributed by atoms with Gasteiger partial charge in [-0.3, -0.25) is 4.79 Å². The molecule has 0 spiro atoms. The molecule has 0 aliphatic carbocycles. The number of thiazole rings is 1. The fourth-order valence-electron chi connectivity index (χ4n) is 2.19. The summed E-state index contributed by atoms with van der Waals surface area (Å²) in [7, 11) is 1.39. The summed E-state index contributed by atoms with van der Waals surface area (Å²) < 4.78 is 32.6. The number of benzene rings is 1. The van der Waals surface area contributed by atoms with Crippen LogP contribution in [-0.4, -0.2) is 24.0 Å². The van der Waals surface area contributed by atoms with Crippen LogP contribution in [0.25, 0.3) is 11.3 Å². The summed E-state index contributed by atoms with van der Waals surface area (Å²) in [5.41, 5.74) is -0.197. The second-order valence-electron chi connectivity index (χ2n) is 4.76. The van der Waals surface area contributed by atoms with Crippen LogP contribution < -0.4 is 0 Å². The Labute approximate surface area is 136 Å². The van der Waals surface area contributed by atoms with Gasteiger partial charge in [0.15, 0.2) is 11.7 Å². The number of hydrogen-bond donors (Lipinski definition) is 0. The van der Waals surface area contributed by atoms with Crippen LogP contribution in [0.4, 0.5) is 8.78 Å². The summed E-state index contributed by atoms with van der Waals surface area (Å²) in [6.07, 6.45) is -0.287. The molecule has 2 atom stereocenters. The van der Waals surface area contributed by atoms with Gasteiger partial charge in [-0.2, -0.15) is 5.26 Å². The summed E-state index contributed by atoms with van der Waals surface area (Å²) in [6, 6.07) is 5.40. The lowest BCUT2D eigenvalue weighted by Crippen LogP contribution is -2.27. The van der Waals surface area contributed by atoms with Gasteiger partial charge in [0.1, 0.15) is 22.7 Å². The van der Waals surface area contributed by atoms with Gasteiger partial charge in [0, 0.05) is 12.5 Å². The first-order chi connectivity index (χ1) is 11.0. The minimum atomic E-state index is -1.12. The van der Waals surface area contributed by atoms with Crippen LogP contribution in [-0.2, 0) is 9.53 Å². The highest BCUT2D eigenvalue weighted by Gasteiger charge is 2.30. The molecule has 4 nitrogen and oxygen atoms in total. The highest BCUT2D eigenvalue weighted by atomic mass is 32.1. The van der Waals surface area contributed by atoms with Crippen molar-refractivity contribution >= 4 is 17.1 Å². The third-order valence-electron chi connectivity index (χ3n) is 3.37. The molecule has 2 rings (SSSR count). The van der Waals surface area contributed by atoms with E-state index >= 15 is 0 Å². The molecule has 0 saturated carbocycles. The zero-order valence-electron chi connectivity index (χ0n) is 12.5. The molecule has 0 bridgehead atoms. The first kappa shape index (κ1) is 17.2. The molecule has 0 amide bonds. The maximum atomic E-state index is 13.8. The van der Waals surface area contributed by atoms with E-state index in [4.69, 9.17) is 4.74 Å². The van der Waals surface area contributed by atoms with E-state index in [0.29, 0.717) is 6.42 Å². The third-order valence-corrected chi connectivity index (χ3v) is 4.28. The van der Waals surface area contributed by atoms with Crippen molar-refractivity contribution in [3.63, 3.8) is 0 Å². The van der Waals surface area contributed by atoms with Crippen molar-refractivity contribution < 1.29 is 18.3 Å². The molecule has 1 heterocycles. The molecular weight excluding hydrogens is 322 g/mol. The van der Waals surface area contributed by atoms with E-state index in [1.165, 1.54) is 18.6 Å². The average Bonchev–Trinajstić information content (AvgIpc) is 2.98. The number of carbonyl (C=O) groups is 1. The molecular formula is C16H14F2N2O2S. The van der Waals surface area contributed by atoms with Gasteiger partial charge in [-0.05, 0) is 18.6 Å². The normalized spacial score (nSPS) is 13.3. The quantitative estimate of drug-likeness (QED) is 0.807. The number of carbonyl (C=O) groups excluding carboxylic acids is 1. The Balaban J connectivity index is 2.38. The Hall–Kier alpha value is -2.17. The summed E-state index contributed by atoms with van der Waals surface area (Å²) in [5.74, 6) is -3.02. The first-order valence-corrected chi connectivity index (χ1v) is 7.77. The lowest BCUT2D eigenvalue weighted by atomic mass is 10.00. The Morgan fingerprint density at radius 3 is 2.61 bits per heavy atom. The molecule has 120 valence electrons. The number of hydrogen-bond acceptors (Lipinski definition) is 5. The van der Waals surface area contributed by atoms with Gasteiger partial charge in [-0.25, -0.2) is 13.8 Å². The minimum Gasteiger partial charge on any atom is -0.374 e. The second-order valence-corrected chi connectivity index (χ2v) is 5.65. The van der Waals surface area contributed by atoms with E-state index in [1.807, 2.05) is 6.07 Å². The molecule has 1 aromatic carbocycles. The third kappa shape index (κ3) is 3.44. The fourth-order valence-corrected chi connectivity index (χ4v) is 3.05. The van der Waals surface area contributed by atoms with Crippen molar-refractivity contribution in [1.82, 2.24) is 4.98 Å². The van der Waals surface area contributed by atoms with E-state index < -0.39 is 29.4 Å². The van der Waals surface area contributed by atoms with Crippen LogP contribution in [0.3, 0.4) is 0 Å². The van der Waals surface area contributed by atoms with Crippen molar-refractivity contribution in [2.45, 2.75) is 25.4 Å². The predicted octanol–water partition coefficient (Wildman–Crippen LogP) is 3.69. The molecule has 0 fully saturated rings. The number of rotatable bonds is 6. The molecule has 1 aromatic heterocycles. The summed E-state index contributed by atoms with van der Waals surface area (Å²) in [4.78, 5) is 16.4. The number of ketones is 1. The van der Waals surface area contributed by atoms with Gasteiger partial charge in [0.25, 0.3) is 0 Å². The van der Waals surface area contributed by atoms with E-state index in [1.54, 1.807) is 6.92 Å². The molecule has 7 heteroatoms. The van der Waals surface area contributed by atoms with E-state index in [9.17, 15) is 18.8 Å². The minimum absolute atomic E-state index is 0.0686. The van der Waals surface area contributed by atoms with Crippen molar-refractivity contribution in [3.05, 3.63) is 40.2 Å². The largest absolute Gasteiger partial charge is 0.374 e. The highest BCUT2D eigenvalue weighted by molar-refractivity contribution is 7.10. The maximum absolute atomic E-state index is 13.8. The highest BCUT2D eigenvalue weighted by Crippen LogP contribution is 2.31. The smallest absolute Gasteiger partial charge is 0.185 e. The summed E-state index contributed by atoms with van der Waals surface area (Å²) in [5, 5.41) is 10.9. The Morgan fingerprint density at radius 2 is 2.09 bits per heavy atom. The monoisotopic (exact) mass is 336 g/mol. The van der Waals surface area contributed by atoms with Crippen molar-refractivity contribution in [1.29, 1.82) is 5.26 Å². The molecule has 0 unspecified atom stereocenters. The van der Waals surface area contributed by atoms with Gasteiger partial charge >= 0.3 is 0 Å². The standard InChI is InChI=1S/C16H14F2N2O2S/c1-3-13(22-2)15(21)9(7-19)16-20-12(8-23-16)14-10(17)5-4-6-11(14)18/h4-6,8-9,13H,3H2,1-2H3/t9-,13+/m0/s1. The van der Waals surface area contributed by atoms with Gasteiger partial charge in [-0.1, -0.05) is 13.0 Å². The van der Waals surface area contributed by atoms with Crippen LogP contribution in [0.2, 0.25) is 0 Å². The molecule has 2 aromatic rings. The molecule has 23 heavy (non-hydrogen) atoms. The number of nitriles is 1. The molecule has 0 radical (unpaired) electrons. The Kier molecular flexibility index (Phi) is 5.53. The average molecular weight is 336 g/mol. The van der Waals surface area contributed by atoms with Gasteiger partial charge < -0.3 is 4.74 Å². The SMILES string of the molecule is CC[C@@H](OC)C(=O)[C@H](C#N)c1nc(-c2c(F)cccc2F)cs1. The number of halogens is 2. The molecule has 0 N–H and O–H groups in total. The zero-order valence-corrected chi connectivity index (χ0v) is 13.4. The van der Waals surface area contributed by atoms with E-state index in [0.717, 1.165) is 23.5 Å². The van der Waals surface area contributed by atoms with Crippen LogP contribution in [0, 0.1) is 23.0 Å². The number of aromatic nitrogens is 1. The first-order valence-electron chi connectivity index (χ1n) is 6.89. The number of nitrogens with zero attached hydrogens (tertiary/aromatic N) is 2. The van der Waals surface area contributed by atoms with E-state index in [-0.39, 0.29) is 16.3 Å². The van der Waals surface area contributed by atoms with E-state index in [2.05, 4.69) is 4.98 Å². The van der Waals surface area contributed by atoms with Crippen molar-refractivity contribution in [2.24, 2.45) is 0 Å². The van der Waals surface area contributed by atoms with Crippen LogP contribution in [0.1, 0.15) is 24.3 Å². The van der Waals surface area contributed by atoms with Crippen LogP contribution in [0.5, 0.6) is 0 Å². The molecule has 0 aliphatic rings. The summed E-state index contributed by atoms with van der Waals surface area (Å²) >= 11 is 1.02. The second kappa shape index (κ2) is 7.40. The van der Waals surface area contributed by atoms with Gasteiger partial charge in [0.05, 0.1) is 17.3 Å². The number of Topliss-reactive ketones (excluding diaryl/α,β-unsaturated/α-hetero) is 1. The van der Waals surface area contributed by atoms with Gasteiger partial charge in [-0.15, -0.1) is 11.3 Å². The maximum Gasteiger partial charge on any atom is 0.185 e. The van der Waals surface area contributed by atoms with Crippen molar-refractivity contribution in [3.8, 4) is 17.3 Å². The number of ether oxygens (including phenoxy) is 1. The lowest BCUT2D eigenvalue weighted by molar-refractivity contribution is -0.129. The number of methoxy groups -OCH3 is 1. The van der Waals surface area contributed by atoms with Crippen molar-refractivity contribution in [2.75, 3.05) is 7.11 Å². The molecule has 0 saturated heterocycles. The Bertz CT molecular complexity index is 731. The van der Waals surface area contributed by atoms with Crippen LogP contribution in [0.15, 0.2) is 23.6 Å². The summed E-state index contributed by atoms with van der Waals surface area (Å²) in [6.45, 7) is 1.77. The lowest BCUT2D eigenvalue weighted by Gasteiger charge is -2.13. The fraction of sp³-hybridized carbons (Fsp3) is 0.312. The predicted molar refractivity (Wildman–Crippen MR) is 81.9 cm³/mol. The Morgan fingerprint density at radius 1 is 1.43 bits per heavy atom. The van der Waals surface area contributed by atoms with Crippen LogP contribution >= 0.6 is 11.3 Å². The zero-order chi connectivity index (χ0) is 17.0. The van der Waals surface area contributed by atoms with Gasteiger partial charge in [0.2, 0.25) is 0 Å². The topological polar surface area (TPSA) is 63.0 Å². The molecule has 0 aliphatic heterocycles.